The van der Waals surface area contributed by atoms with Crippen LogP contribution in [0.25, 0.3) is 0 Å². The van der Waals surface area contributed by atoms with Crippen LogP contribution >= 0.6 is 0 Å². The van der Waals surface area contributed by atoms with Crippen LogP contribution < -0.4 is 5.32 Å². The molecule has 0 aromatic rings. The van der Waals surface area contributed by atoms with Gasteiger partial charge in [-0.15, -0.1) is 0 Å². The zero-order valence-corrected chi connectivity index (χ0v) is 8.54. The number of fused-ring (bicyclic) bond motifs is 2. The van der Waals surface area contributed by atoms with Crippen LogP contribution in [0, 0.1) is 5.92 Å². The molecular formula is C11H18N2O. The number of Topliss-reactive ketones (excluding diaryl/α,β-unsaturated/α-hetero) is 1. The van der Waals surface area contributed by atoms with Crippen molar-refractivity contribution in [1.29, 1.82) is 0 Å². The van der Waals surface area contributed by atoms with Gasteiger partial charge in [0.2, 0.25) is 0 Å². The lowest BCUT2D eigenvalue weighted by molar-refractivity contribution is -0.116. The lowest BCUT2D eigenvalue weighted by Gasteiger charge is -2.27. The third kappa shape index (κ3) is 1.48. The van der Waals surface area contributed by atoms with Gasteiger partial charge in [0.25, 0.3) is 0 Å². The topological polar surface area (TPSA) is 32.3 Å². The van der Waals surface area contributed by atoms with Gasteiger partial charge in [0.05, 0.1) is 6.54 Å². The summed E-state index contributed by atoms with van der Waals surface area (Å²) in [4.78, 5) is 13.4. The largest absolute Gasteiger partial charge is 0.310 e. The molecule has 0 spiro atoms. The standard InChI is InChI=1S/C11H18N2O/c14-10-3-4-13(6-10)7-11-8-1-2-9(5-8)12-11/h8-9,11-12H,1-7H2. The van der Waals surface area contributed by atoms with Crippen molar-refractivity contribution in [2.45, 2.75) is 37.8 Å². The third-order valence-electron chi connectivity index (χ3n) is 4.05. The maximum Gasteiger partial charge on any atom is 0.148 e. The highest BCUT2D eigenvalue weighted by molar-refractivity contribution is 5.82. The molecule has 2 heterocycles. The van der Waals surface area contributed by atoms with Crippen molar-refractivity contribution in [2.75, 3.05) is 19.6 Å². The fraction of sp³-hybridized carbons (Fsp3) is 0.909. The van der Waals surface area contributed by atoms with Crippen LogP contribution in [0.5, 0.6) is 0 Å². The van der Waals surface area contributed by atoms with Crippen LogP contribution in [0.15, 0.2) is 0 Å². The first kappa shape index (κ1) is 8.86. The number of nitrogens with one attached hydrogen (secondary N) is 1. The fourth-order valence-corrected chi connectivity index (χ4v) is 3.30. The molecule has 1 aliphatic carbocycles. The minimum absolute atomic E-state index is 0.424. The summed E-state index contributed by atoms with van der Waals surface area (Å²) in [5.74, 6) is 1.32. The highest BCUT2D eigenvalue weighted by Gasteiger charge is 2.40. The van der Waals surface area contributed by atoms with Gasteiger partial charge in [-0.2, -0.15) is 0 Å². The first-order valence-electron chi connectivity index (χ1n) is 5.81. The SMILES string of the molecule is O=C1CCN(CC2NC3CCC2C3)C1. The van der Waals surface area contributed by atoms with Crippen molar-refractivity contribution >= 4 is 5.78 Å². The Morgan fingerprint density at radius 3 is 2.93 bits per heavy atom. The maximum absolute atomic E-state index is 11.1. The van der Waals surface area contributed by atoms with Gasteiger partial charge in [0.15, 0.2) is 0 Å². The van der Waals surface area contributed by atoms with E-state index < -0.39 is 0 Å². The van der Waals surface area contributed by atoms with Crippen molar-refractivity contribution in [2.24, 2.45) is 5.92 Å². The lowest BCUT2D eigenvalue weighted by Crippen LogP contribution is -2.44. The lowest BCUT2D eigenvalue weighted by atomic mass is 10.00. The Morgan fingerprint density at radius 1 is 1.43 bits per heavy atom. The van der Waals surface area contributed by atoms with Crippen molar-refractivity contribution in [3.8, 4) is 0 Å². The molecule has 14 heavy (non-hydrogen) atoms. The van der Waals surface area contributed by atoms with Gasteiger partial charge >= 0.3 is 0 Å². The van der Waals surface area contributed by atoms with Gasteiger partial charge in [0.1, 0.15) is 5.78 Å². The zero-order valence-electron chi connectivity index (χ0n) is 8.54. The monoisotopic (exact) mass is 194 g/mol. The molecule has 0 aromatic heterocycles. The number of hydrogen-bond donors (Lipinski definition) is 1. The third-order valence-corrected chi connectivity index (χ3v) is 4.05. The Morgan fingerprint density at radius 2 is 2.36 bits per heavy atom. The summed E-state index contributed by atoms with van der Waals surface area (Å²) in [5.41, 5.74) is 0. The quantitative estimate of drug-likeness (QED) is 0.690. The van der Waals surface area contributed by atoms with Crippen LogP contribution in [-0.2, 0) is 4.79 Å². The highest BCUT2D eigenvalue weighted by Crippen LogP contribution is 2.35. The predicted molar refractivity (Wildman–Crippen MR) is 54.1 cm³/mol. The summed E-state index contributed by atoms with van der Waals surface area (Å²) in [6.07, 6.45) is 4.94. The molecule has 2 saturated heterocycles. The van der Waals surface area contributed by atoms with E-state index in [9.17, 15) is 4.79 Å². The van der Waals surface area contributed by atoms with Crippen molar-refractivity contribution in [3.63, 3.8) is 0 Å². The smallest absolute Gasteiger partial charge is 0.148 e. The second-order valence-corrected chi connectivity index (χ2v) is 5.07. The fourth-order valence-electron chi connectivity index (χ4n) is 3.30. The van der Waals surface area contributed by atoms with Gasteiger partial charge in [-0.25, -0.2) is 0 Å². The summed E-state index contributed by atoms with van der Waals surface area (Å²) >= 11 is 0. The van der Waals surface area contributed by atoms with Gasteiger partial charge in [0, 0.05) is 31.6 Å². The van der Waals surface area contributed by atoms with E-state index in [0.29, 0.717) is 18.4 Å². The van der Waals surface area contributed by atoms with Gasteiger partial charge in [-0.05, 0) is 25.2 Å². The summed E-state index contributed by atoms with van der Waals surface area (Å²) < 4.78 is 0. The van der Waals surface area contributed by atoms with Crippen LogP contribution in [0.3, 0.4) is 0 Å². The molecule has 78 valence electrons. The number of hydrogen-bond acceptors (Lipinski definition) is 3. The Balaban J connectivity index is 1.55. The molecule has 1 saturated carbocycles. The first-order chi connectivity index (χ1) is 6.81. The first-order valence-corrected chi connectivity index (χ1v) is 5.81. The second kappa shape index (κ2) is 3.31. The van der Waals surface area contributed by atoms with Crippen LogP contribution in [0.1, 0.15) is 25.7 Å². The minimum Gasteiger partial charge on any atom is -0.310 e. The number of ketones is 1. The molecule has 3 rings (SSSR count). The van der Waals surface area contributed by atoms with Gasteiger partial charge < -0.3 is 5.32 Å². The number of carbonyl (C=O) groups excluding carboxylic acids is 1. The van der Waals surface area contributed by atoms with E-state index in [1.165, 1.54) is 19.3 Å². The summed E-state index contributed by atoms with van der Waals surface area (Å²) in [6.45, 7) is 2.80. The number of likely N-dealkylation sites (tertiary alicyclic amines) is 1. The van der Waals surface area contributed by atoms with E-state index in [2.05, 4.69) is 10.2 Å². The molecule has 0 radical (unpaired) electrons. The Labute approximate surface area is 84.8 Å². The van der Waals surface area contributed by atoms with Crippen molar-refractivity contribution < 1.29 is 4.79 Å². The van der Waals surface area contributed by atoms with E-state index in [1.807, 2.05) is 0 Å². The molecule has 3 fully saturated rings. The second-order valence-electron chi connectivity index (χ2n) is 5.07. The zero-order chi connectivity index (χ0) is 9.54. The average Bonchev–Trinajstić information content (AvgIpc) is 2.82. The Bertz CT molecular complexity index is 254. The summed E-state index contributed by atoms with van der Waals surface area (Å²) in [6, 6.07) is 1.47. The van der Waals surface area contributed by atoms with Crippen LogP contribution in [-0.4, -0.2) is 42.4 Å². The number of carbonyl (C=O) groups is 1. The minimum atomic E-state index is 0.424. The summed E-state index contributed by atoms with van der Waals surface area (Å²) in [7, 11) is 0. The van der Waals surface area contributed by atoms with E-state index in [1.54, 1.807) is 0 Å². The molecular weight excluding hydrogens is 176 g/mol. The molecule has 0 aromatic carbocycles. The number of nitrogens with zero attached hydrogens (tertiary/aromatic N) is 1. The van der Waals surface area contributed by atoms with E-state index in [-0.39, 0.29) is 0 Å². The summed E-state index contributed by atoms with van der Waals surface area (Å²) in [5, 5.41) is 3.68. The van der Waals surface area contributed by atoms with E-state index >= 15 is 0 Å². The van der Waals surface area contributed by atoms with Crippen molar-refractivity contribution in [1.82, 2.24) is 10.2 Å². The molecule has 3 unspecified atom stereocenters. The molecule has 3 aliphatic rings. The maximum atomic E-state index is 11.1. The highest BCUT2D eigenvalue weighted by atomic mass is 16.1. The normalized spacial score (nSPS) is 42.6. The van der Waals surface area contributed by atoms with Crippen LogP contribution in [0.4, 0.5) is 0 Å². The van der Waals surface area contributed by atoms with Gasteiger partial charge in [-0.3, -0.25) is 9.69 Å². The molecule has 3 atom stereocenters. The van der Waals surface area contributed by atoms with E-state index in [4.69, 9.17) is 0 Å². The van der Waals surface area contributed by atoms with Crippen molar-refractivity contribution in [3.05, 3.63) is 0 Å². The Kier molecular flexibility index (Phi) is 2.10. The molecule has 3 nitrogen and oxygen atoms in total. The molecule has 2 bridgehead atoms. The molecule has 2 aliphatic heterocycles. The Hall–Kier alpha value is -0.410. The van der Waals surface area contributed by atoms with E-state index in [0.717, 1.165) is 31.5 Å². The van der Waals surface area contributed by atoms with Gasteiger partial charge in [-0.1, -0.05) is 0 Å². The molecule has 0 amide bonds. The number of rotatable bonds is 2. The molecule has 3 heteroatoms. The predicted octanol–water partition coefficient (Wildman–Crippen LogP) is 0.402. The average molecular weight is 194 g/mol. The molecule has 1 N–H and O–H groups in total. The number of piperidine rings is 1. The van der Waals surface area contributed by atoms with Crippen LogP contribution in [0.2, 0.25) is 0 Å².